The number of anilines is 1. The van der Waals surface area contributed by atoms with Crippen molar-refractivity contribution in [2.45, 2.75) is 32.6 Å². The van der Waals surface area contributed by atoms with Crippen molar-refractivity contribution in [2.75, 3.05) is 19.2 Å². The Bertz CT molecular complexity index is 1080. The first kappa shape index (κ1) is 23.6. The van der Waals surface area contributed by atoms with Gasteiger partial charge < -0.3 is 9.47 Å². The molecule has 1 aromatic heterocycles. The van der Waals surface area contributed by atoms with Crippen molar-refractivity contribution in [1.29, 1.82) is 0 Å². The number of hydrazine groups is 1. The standard InChI is InChI=1S/C22H28N6O3S/c1-5-16(32-6-2)9-10-27-14-24-19(13-21(27)29)28-20(25-22(23)26-28)12-15-7-8-17(30-3)18(11-15)31-4/h5-8,11,13-14,22,26H,2,9-10,12,23H2,1,3-4H3. The molecule has 2 heterocycles. The lowest BCUT2D eigenvalue weighted by atomic mass is 10.1. The highest BCUT2D eigenvalue weighted by Crippen LogP contribution is 2.28. The van der Waals surface area contributed by atoms with Crippen molar-refractivity contribution in [2.24, 2.45) is 10.7 Å². The van der Waals surface area contributed by atoms with Crippen LogP contribution in [0, 0.1) is 0 Å². The quantitative estimate of drug-likeness (QED) is 0.562. The molecule has 2 aromatic rings. The van der Waals surface area contributed by atoms with E-state index in [9.17, 15) is 4.79 Å². The van der Waals surface area contributed by atoms with Gasteiger partial charge in [0, 0.05) is 19.0 Å². The second kappa shape index (κ2) is 11.0. The van der Waals surface area contributed by atoms with Crippen LogP contribution in [0.4, 0.5) is 5.82 Å². The molecule has 1 aromatic carbocycles. The molecule has 9 nitrogen and oxygen atoms in total. The van der Waals surface area contributed by atoms with E-state index in [1.165, 1.54) is 6.07 Å². The lowest BCUT2D eigenvalue weighted by molar-refractivity contribution is 0.354. The van der Waals surface area contributed by atoms with Crippen molar-refractivity contribution in [3.05, 3.63) is 69.5 Å². The summed E-state index contributed by atoms with van der Waals surface area (Å²) < 4.78 is 12.3. The maximum absolute atomic E-state index is 12.7. The Balaban J connectivity index is 1.77. The van der Waals surface area contributed by atoms with Crippen LogP contribution in [0.5, 0.6) is 11.5 Å². The summed E-state index contributed by atoms with van der Waals surface area (Å²) in [5.74, 6) is 2.36. The van der Waals surface area contributed by atoms with Crippen LogP contribution in [0.3, 0.4) is 0 Å². The average molecular weight is 457 g/mol. The summed E-state index contributed by atoms with van der Waals surface area (Å²) in [6, 6.07) is 7.13. The lowest BCUT2D eigenvalue weighted by Crippen LogP contribution is -2.45. The van der Waals surface area contributed by atoms with Gasteiger partial charge in [0.15, 0.2) is 23.6 Å². The highest BCUT2D eigenvalue weighted by atomic mass is 32.2. The number of rotatable bonds is 10. The van der Waals surface area contributed by atoms with Crippen LogP contribution < -0.4 is 31.2 Å². The molecular weight excluding hydrogens is 428 g/mol. The molecule has 1 atom stereocenters. The van der Waals surface area contributed by atoms with Crippen LogP contribution in [0.15, 0.2) is 63.3 Å². The molecule has 0 bridgehead atoms. The average Bonchev–Trinajstić information content (AvgIpc) is 3.16. The maximum Gasteiger partial charge on any atom is 0.255 e. The number of hydrogen-bond acceptors (Lipinski definition) is 9. The predicted octanol–water partition coefficient (Wildman–Crippen LogP) is 2.64. The predicted molar refractivity (Wildman–Crippen MR) is 129 cm³/mol. The van der Waals surface area contributed by atoms with Crippen molar-refractivity contribution in [1.82, 2.24) is 15.0 Å². The fourth-order valence-electron chi connectivity index (χ4n) is 3.27. The topological polar surface area (TPSA) is 107 Å². The van der Waals surface area contributed by atoms with E-state index in [-0.39, 0.29) is 5.56 Å². The third kappa shape index (κ3) is 5.58. The fraction of sp³-hybridized carbons (Fsp3) is 0.318. The number of hydrogen-bond donors (Lipinski definition) is 2. The fourth-order valence-corrected chi connectivity index (χ4v) is 3.83. The van der Waals surface area contributed by atoms with Gasteiger partial charge in [-0.2, -0.15) is 5.43 Å². The molecule has 0 radical (unpaired) electrons. The smallest absolute Gasteiger partial charge is 0.255 e. The van der Waals surface area contributed by atoms with Crippen LogP contribution in [-0.4, -0.2) is 35.9 Å². The zero-order valence-corrected chi connectivity index (χ0v) is 19.3. The van der Waals surface area contributed by atoms with E-state index in [4.69, 9.17) is 15.2 Å². The van der Waals surface area contributed by atoms with Gasteiger partial charge in [0.05, 0.1) is 20.5 Å². The number of thioether (sulfide) groups is 1. The lowest BCUT2D eigenvalue weighted by Gasteiger charge is -2.20. The second-order valence-corrected chi connectivity index (χ2v) is 7.98. The molecule has 0 spiro atoms. The molecule has 1 unspecified atom stereocenters. The number of methoxy groups -OCH3 is 2. The summed E-state index contributed by atoms with van der Waals surface area (Å²) in [6.45, 7) is 6.24. The van der Waals surface area contributed by atoms with E-state index >= 15 is 0 Å². The third-order valence-corrected chi connectivity index (χ3v) is 5.78. The number of allylic oxidation sites excluding steroid dienone is 2. The molecule has 0 saturated heterocycles. The largest absolute Gasteiger partial charge is 0.493 e. The van der Waals surface area contributed by atoms with E-state index in [2.05, 4.69) is 22.0 Å². The minimum atomic E-state index is -0.623. The number of nitrogens with zero attached hydrogens (tertiary/aromatic N) is 4. The molecule has 3 rings (SSSR count). The van der Waals surface area contributed by atoms with Gasteiger partial charge in [-0.3, -0.25) is 15.1 Å². The minimum Gasteiger partial charge on any atom is -0.493 e. The van der Waals surface area contributed by atoms with Gasteiger partial charge in [0.25, 0.3) is 5.56 Å². The summed E-state index contributed by atoms with van der Waals surface area (Å²) >= 11 is 1.56. The van der Waals surface area contributed by atoms with Crippen LogP contribution in [-0.2, 0) is 13.0 Å². The maximum atomic E-state index is 12.7. The number of nitrogens with one attached hydrogen (secondary N) is 1. The van der Waals surface area contributed by atoms with Crippen LogP contribution in [0.25, 0.3) is 0 Å². The Morgan fingerprint density at radius 1 is 1.31 bits per heavy atom. The number of aliphatic imine (C=N–C) groups is 1. The summed E-state index contributed by atoms with van der Waals surface area (Å²) in [7, 11) is 3.18. The summed E-state index contributed by atoms with van der Waals surface area (Å²) in [6.07, 6.45) is 4.14. The van der Waals surface area contributed by atoms with Gasteiger partial charge in [0.1, 0.15) is 5.84 Å². The first-order valence-corrected chi connectivity index (χ1v) is 11.0. The monoisotopic (exact) mass is 456 g/mol. The molecule has 0 amide bonds. The van der Waals surface area contributed by atoms with Crippen LogP contribution in [0.2, 0.25) is 0 Å². The van der Waals surface area contributed by atoms with Gasteiger partial charge in [-0.05, 0) is 41.4 Å². The summed E-state index contributed by atoms with van der Waals surface area (Å²) in [5.41, 5.74) is 9.82. The first-order chi connectivity index (χ1) is 15.5. The molecule has 0 aliphatic carbocycles. The van der Waals surface area contributed by atoms with Crippen molar-refractivity contribution in [3.8, 4) is 11.5 Å². The number of aromatic nitrogens is 2. The highest BCUT2D eigenvalue weighted by molar-refractivity contribution is 8.05. The van der Waals surface area contributed by atoms with E-state index in [0.29, 0.717) is 36.1 Å². The SMILES string of the molecule is C=CSC(=CC)CCn1cnc(N2NC(N)N=C2Cc2ccc(OC)c(OC)c2)cc1=O. The minimum absolute atomic E-state index is 0.151. The molecule has 32 heavy (non-hydrogen) atoms. The van der Waals surface area contributed by atoms with Crippen molar-refractivity contribution in [3.63, 3.8) is 0 Å². The van der Waals surface area contributed by atoms with Gasteiger partial charge in [-0.1, -0.05) is 18.7 Å². The number of ether oxygens (including phenoxy) is 2. The van der Waals surface area contributed by atoms with Crippen molar-refractivity contribution >= 4 is 23.4 Å². The Kier molecular flexibility index (Phi) is 8.09. The normalized spacial score (nSPS) is 16.1. The van der Waals surface area contributed by atoms with Crippen LogP contribution in [0.1, 0.15) is 18.9 Å². The Morgan fingerprint density at radius 2 is 2.09 bits per heavy atom. The Hall–Kier alpha value is -3.08. The van der Waals surface area contributed by atoms with E-state index in [0.717, 1.165) is 16.9 Å². The molecule has 0 fully saturated rings. The summed E-state index contributed by atoms with van der Waals surface area (Å²) in [5, 5.41) is 3.43. The number of aryl methyl sites for hydroxylation is 1. The Labute approximate surface area is 191 Å². The number of benzene rings is 1. The molecule has 1 aliphatic rings. The van der Waals surface area contributed by atoms with E-state index in [1.54, 1.807) is 47.3 Å². The zero-order valence-electron chi connectivity index (χ0n) is 18.4. The van der Waals surface area contributed by atoms with Gasteiger partial charge in [-0.15, -0.1) is 11.8 Å². The molecule has 1 aliphatic heterocycles. The van der Waals surface area contributed by atoms with E-state index in [1.807, 2.05) is 31.2 Å². The first-order valence-electron chi connectivity index (χ1n) is 10.1. The number of amidine groups is 1. The molecule has 3 N–H and O–H groups in total. The molecule has 0 saturated carbocycles. The van der Waals surface area contributed by atoms with Crippen LogP contribution >= 0.6 is 11.8 Å². The van der Waals surface area contributed by atoms with Gasteiger partial charge >= 0.3 is 0 Å². The molecule has 10 heteroatoms. The van der Waals surface area contributed by atoms with Crippen molar-refractivity contribution < 1.29 is 9.47 Å². The zero-order chi connectivity index (χ0) is 23.1. The van der Waals surface area contributed by atoms with E-state index < -0.39 is 6.29 Å². The highest BCUT2D eigenvalue weighted by Gasteiger charge is 2.25. The van der Waals surface area contributed by atoms with Gasteiger partial charge in [0.2, 0.25) is 0 Å². The molecular formula is C22H28N6O3S. The molecule has 170 valence electrons. The third-order valence-electron chi connectivity index (χ3n) is 4.87. The Morgan fingerprint density at radius 3 is 2.75 bits per heavy atom. The summed E-state index contributed by atoms with van der Waals surface area (Å²) in [4.78, 5) is 22.7. The second-order valence-electron chi connectivity index (χ2n) is 6.89. The van der Waals surface area contributed by atoms with Gasteiger partial charge in [-0.25, -0.2) is 15.0 Å². The number of nitrogens with two attached hydrogens (primary N) is 1.